The third-order valence-corrected chi connectivity index (χ3v) is 2.12. The quantitative estimate of drug-likeness (QED) is 0.740. The number of carbonyl (C=O) groups is 1. The van der Waals surface area contributed by atoms with E-state index in [0.29, 0.717) is 13.0 Å². The van der Waals surface area contributed by atoms with Crippen molar-refractivity contribution >= 4 is 18.4 Å². The van der Waals surface area contributed by atoms with Crippen molar-refractivity contribution in [2.24, 2.45) is 5.92 Å². The van der Waals surface area contributed by atoms with Crippen molar-refractivity contribution in [3.05, 3.63) is 0 Å². The van der Waals surface area contributed by atoms with Gasteiger partial charge in [0, 0.05) is 12.5 Å². The van der Waals surface area contributed by atoms with Crippen LogP contribution in [0.3, 0.4) is 0 Å². The topological polar surface area (TPSA) is 38.3 Å². The molecule has 0 aromatic heterocycles. The van der Waals surface area contributed by atoms with Gasteiger partial charge in [-0.3, -0.25) is 0 Å². The van der Waals surface area contributed by atoms with Crippen LogP contribution >= 0.6 is 12.4 Å². The molecule has 1 aliphatic rings. The molecule has 1 N–H and O–H groups in total. The molecule has 0 amide bonds. The maximum Gasteiger partial charge on any atom is 0.377 e. The van der Waals surface area contributed by atoms with Gasteiger partial charge in [0.05, 0.1) is 6.61 Å². The minimum atomic E-state index is -3.33. The fraction of sp³-hybridized carbons (Fsp3) is 0.875. The molecule has 0 aromatic rings. The van der Waals surface area contributed by atoms with Crippen LogP contribution in [-0.4, -0.2) is 31.6 Å². The van der Waals surface area contributed by atoms with Crippen LogP contribution in [0.4, 0.5) is 8.78 Å². The van der Waals surface area contributed by atoms with E-state index < -0.39 is 17.8 Å². The molecule has 1 unspecified atom stereocenters. The molecule has 6 heteroatoms. The molecule has 14 heavy (non-hydrogen) atoms. The normalized spacial score (nSPS) is 21.5. The second-order valence-electron chi connectivity index (χ2n) is 3.03. The van der Waals surface area contributed by atoms with Crippen LogP contribution in [-0.2, 0) is 9.53 Å². The molecule has 0 aliphatic carbocycles. The van der Waals surface area contributed by atoms with E-state index in [2.05, 4.69) is 10.1 Å². The maximum absolute atomic E-state index is 13.2. The monoisotopic (exact) mass is 229 g/mol. The number of halogens is 3. The highest BCUT2D eigenvalue weighted by atomic mass is 35.5. The number of hydrogen-bond acceptors (Lipinski definition) is 3. The van der Waals surface area contributed by atoms with Gasteiger partial charge in [-0.1, -0.05) is 0 Å². The zero-order valence-corrected chi connectivity index (χ0v) is 8.70. The number of rotatable bonds is 3. The van der Waals surface area contributed by atoms with Crippen LogP contribution in [0, 0.1) is 5.92 Å². The first-order valence-corrected chi connectivity index (χ1v) is 4.34. The maximum atomic E-state index is 13.2. The first-order valence-electron chi connectivity index (χ1n) is 4.34. The van der Waals surface area contributed by atoms with E-state index in [1.54, 1.807) is 0 Å². The highest BCUT2D eigenvalue weighted by molar-refractivity contribution is 5.85. The summed E-state index contributed by atoms with van der Waals surface area (Å²) in [6.45, 7) is 2.24. The number of hydrogen-bond donors (Lipinski definition) is 1. The predicted molar refractivity (Wildman–Crippen MR) is 49.8 cm³/mol. The van der Waals surface area contributed by atoms with Gasteiger partial charge in [-0.2, -0.15) is 8.78 Å². The highest BCUT2D eigenvalue weighted by Crippen LogP contribution is 2.30. The van der Waals surface area contributed by atoms with Gasteiger partial charge in [-0.25, -0.2) is 4.79 Å². The van der Waals surface area contributed by atoms with Crippen molar-refractivity contribution in [1.82, 2.24) is 5.32 Å². The summed E-state index contributed by atoms with van der Waals surface area (Å²) in [7, 11) is 0. The summed E-state index contributed by atoms with van der Waals surface area (Å²) < 4.78 is 30.7. The van der Waals surface area contributed by atoms with E-state index in [9.17, 15) is 13.6 Å². The molecule has 0 bridgehead atoms. The largest absolute Gasteiger partial charge is 0.462 e. The van der Waals surface area contributed by atoms with Crippen molar-refractivity contribution < 1.29 is 18.3 Å². The van der Waals surface area contributed by atoms with Gasteiger partial charge >= 0.3 is 11.9 Å². The molecular weight excluding hydrogens is 216 g/mol. The minimum absolute atomic E-state index is 0. The molecule has 84 valence electrons. The number of esters is 1. The molecule has 3 nitrogen and oxygen atoms in total. The van der Waals surface area contributed by atoms with Gasteiger partial charge in [-0.15, -0.1) is 12.4 Å². The average molecular weight is 230 g/mol. The van der Waals surface area contributed by atoms with Crippen LogP contribution in [0.1, 0.15) is 13.3 Å². The van der Waals surface area contributed by atoms with Crippen LogP contribution in [0.15, 0.2) is 0 Å². The molecule has 1 rings (SSSR count). The Hall–Kier alpha value is -0.420. The fourth-order valence-electron chi connectivity index (χ4n) is 1.36. The SMILES string of the molecule is CCOC(=O)C(F)(F)C1CCNC1.Cl. The van der Waals surface area contributed by atoms with E-state index in [0.717, 1.165) is 0 Å². The zero-order valence-electron chi connectivity index (χ0n) is 7.89. The van der Waals surface area contributed by atoms with Crippen LogP contribution in [0.5, 0.6) is 0 Å². The second-order valence-corrected chi connectivity index (χ2v) is 3.03. The number of nitrogens with one attached hydrogen (secondary N) is 1. The van der Waals surface area contributed by atoms with Gasteiger partial charge in [0.15, 0.2) is 0 Å². The minimum Gasteiger partial charge on any atom is -0.462 e. The van der Waals surface area contributed by atoms with Crippen molar-refractivity contribution in [1.29, 1.82) is 0 Å². The van der Waals surface area contributed by atoms with Gasteiger partial charge < -0.3 is 10.1 Å². The molecule has 1 saturated heterocycles. The molecule has 1 fully saturated rings. The van der Waals surface area contributed by atoms with Crippen LogP contribution in [0.2, 0.25) is 0 Å². The van der Waals surface area contributed by atoms with Gasteiger partial charge in [0.1, 0.15) is 0 Å². The van der Waals surface area contributed by atoms with Gasteiger partial charge in [0.2, 0.25) is 0 Å². The molecule has 1 heterocycles. The third-order valence-electron chi connectivity index (χ3n) is 2.12. The highest BCUT2D eigenvalue weighted by Gasteiger charge is 2.49. The first-order chi connectivity index (χ1) is 6.09. The van der Waals surface area contributed by atoms with Crippen LogP contribution in [0.25, 0.3) is 0 Å². The Kier molecular flexibility index (Phi) is 5.29. The lowest BCUT2D eigenvalue weighted by Gasteiger charge is -2.19. The van der Waals surface area contributed by atoms with E-state index in [-0.39, 0.29) is 25.6 Å². The molecule has 0 spiro atoms. The van der Waals surface area contributed by atoms with E-state index in [4.69, 9.17) is 0 Å². The fourth-order valence-corrected chi connectivity index (χ4v) is 1.36. The summed E-state index contributed by atoms with van der Waals surface area (Å²) in [5.41, 5.74) is 0. The smallest absolute Gasteiger partial charge is 0.377 e. The van der Waals surface area contributed by atoms with Crippen molar-refractivity contribution in [3.63, 3.8) is 0 Å². The standard InChI is InChI=1S/C8H13F2NO2.ClH/c1-2-13-7(12)8(9,10)6-3-4-11-5-6;/h6,11H,2-5H2,1H3;1H. The molecule has 0 saturated carbocycles. The number of carbonyl (C=O) groups excluding carboxylic acids is 1. The summed E-state index contributed by atoms with van der Waals surface area (Å²) in [4.78, 5) is 10.9. The number of alkyl halides is 2. The van der Waals surface area contributed by atoms with Gasteiger partial charge in [0.25, 0.3) is 0 Å². The van der Waals surface area contributed by atoms with Crippen LogP contribution < -0.4 is 5.32 Å². The summed E-state index contributed by atoms with van der Waals surface area (Å²) in [6.07, 6.45) is 0.325. The predicted octanol–water partition coefficient (Wildman–Crippen LogP) is 1.22. The Morgan fingerprint density at radius 1 is 1.64 bits per heavy atom. The molecule has 1 atom stereocenters. The molecular formula is C8H14ClF2NO2. The summed E-state index contributed by atoms with van der Waals surface area (Å²) in [5, 5.41) is 2.79. The number of ether oxygens (including phenoxy) is 1. The summed E-state index contributed by atoms with van der Waals surface area (Å²) in [6, 6.07) is 0. The van der Waals surface area contributed by atoms with Crippen molar-refractivity contribution in [2.75, 3.05) is 19.7 Å². The van der Waals surface area contributed by atoms with Gasteiger partial charge in [-0.05, 0) is 19.9 Å². The lowest BCUT2D eigenvalue weighted by atomic mass is 10.0. The molecule has 1 aliphatic heterocycles. The summed E-state index contributed by atoms with van der Waals surface area (Å²) in [5.74, 6) is -5.64. The van der Waals surface area contributed by atoms with Crippen molar-refractivity contribution in [3.8, 4) is 0 Å². The lowest BCUT2D eigenvalue weighted by Crippen LogP contribution is -2.39. The Labute approximate surface area is 87.6 Å². The third kappa shape index (κ3) is 2.78. The Morgan fingerprint density at radius 3 is 2.71 bits per heavy atom. The Bertz CT molecular complexity index is 196. The molecule has 0 aromatic carbocycles. The Balaban J connectivity index is 0.00000169. The second kappa shape index (κ2) is 5.46. The average Bonchev–Trinajstić information content (AvgIpc) is 2.56. The lowest BCUT2D eigenvalue weighted by molar-refractivity contribution is -0.178. The zero-order chi connectivity index (χ0) is 9.90. The van der Waals surface area contributed by atoms with E-state index in [1.165, 1.54) is 6.92 Å². The Morgan fingerprint density at radius 2 is 2.29 bits per heavy atom. The van der Waals surface area contributed by atoms with Crippen molar-refractivity contribution in [2.45, 2.75) is 19.3 Å². The van der Waals surface area contributed by atoms with E-state index in [1.807, 2.05) is 0 Å². The summed E-state index contributed by atoms with van der Waals surface area (Å²) >= 11 is 0. The van der Waals surface area contributed by atoms with E-state index >= 15 is 0 Å². The first kappa shape index (κ1) is 13.6. The molecule has 0 radical (unpaired) electrons.